The largest absolute Gasteiger partial charge is 0.269 e. The third kappa shape index (κ3) is 9.23. The normalized spacial score (nSPS) is 17.1. The van der Waals surface area contributed by atoms with E-state index in [0.717, 1.165) is 11.6 Å². The van der Waals surface area contributed by atoms with E-state index >= 15 is 0 Å². The highest BCUT2D eigenvalue weighted by Crippen LogP contribution is 2.36. The summed E-state index contributed by atoms with van der Waals surface area (Å²) in [5.41, 5.74) is 3.73. The lowest BCUT2D eigenvalue weighted by atomic mass is 9.75. The molecule has 0 saturated heterocycles. The summed E-state index contributed by atoms with van der Waals surface area (Å²) in [4.78, 5) is 3.92. The molecule has 0 spiro atoms. The molecule has 2 rings (SSSR count). The Hall–Kier alpha value is -2.07. The van der Waals surface area contributed by atoms with E-state index in [-0.39, 0.29) is 5.41 Å². The summed E-state index contributed by atoms with van der Waals surface area (Å²) >= 11 is 0. The molecule has 1 aromatic carbocycles. The van der Waals surface area contributed by atoms with Crippen LogP contribution in [0.25, 0.3) is 0 Å². The zero-order chi connectivity index (χ0) is 21.8. The fourth-order valence-corrected chi connectivity index (χ4v) is 3.41. The molecule has 28 heavy (non-hydrogen) atoms. The summed E-state index contributed by atoms with van der Waals surface area (Å²) in [7, 11) is 0. The van der Waals surface area contributed by atoms with Crippen molar-refractivity contribution in [1.29, 1.82) is 0 Å². The number of rotatable bonds is 5. The Bertz CT molecular complexity index is 682. The Morgan fingerprint density at radius 1 is 1.36 bits per heavy atom. The van der Waals surface area contributed by atoms with E-state index in [0.29, 0.717) is 5.41 Å². The summed E-state index contributed by atoms with van der Waals surface area (Å²) in [6, 6.07) is 8.41. The van der Waals surface area contributed by atoms with Gasteiger partial charge in [0.1, 0.15) is 0 Å². The SMILES string of the molecule is C#CC.C=NC(=C)C(C)(C)c1cccc(C)c1.CCCC1C=CCC(C)(C)C1. The zero-order valence-electron chi connectivity index (χ0n) is 19.3. The van der Waals surface area contributed by atoms with Gasteiger partial charge in [-0.25, -0.2) is 0 Å². The van der Waals surface area contributed by atoms with Gasteiger partial charge >= 0.3 is 0 Å². The second kappa shape index (κ2) is 12.4. The fourth-order valence-electron chi connectivity index (χ4n) is 3.41. The maximum absolute atomic E-state index is 4.60. The van der Waals surface area contributed by atoms with Gasteiger partial charge in [-0.3, -0.25) is 4.99 Å². The molecule has 1 nitrogen and oxygen atoms in total. The van der Waals surface area contributed by atoms with E-state index in [4.69, 9.17) is 0 Å². The van der Waals surface area contributed by atoms with E-state index < -0.39 is 0 Å². The molecule has 0 N–H and O–H groups in total. The van der Waals surface area contributed by atoms with Crippen LogP contribution in [0.5, 0.6) is 0 Å². The maximum atomic E-state index is 4.60. The van der Waals surface area contributed by atoms with Crippen molar-refractivity contribution in [3.63, 3.8) is 0 Å². The van der Waals surface area contributed by atoms with E-state index in [1.54, 1.807) is 6.92 Å². The van der Waals surface area contributed by atoms with E-state index in [2.05, 4.69) is 109 Å². The van der Waals surface area contributed by atoms with Crippen molar-refractivity contribution in [2.24, 2.45) is 16.3 Å². The first-order valence-electron chi connectivity index (χ1n) is 10.3. The van der Waals surface area contributed by atoms with Crippen molar-refractivity contribution in [3.8, 4) is 12.3 Å². The molecule has 1 heteroatoms. The minimum atomic E-state index is -0.131. The first-order chi connectivity index (χ1) is 13.0. The molecule has 0 fully saturated rings. The van der Waals surface area contributed by atoms with Gasteiger partial charge in [0.15, 0.2) is 0 Å². The zero-order valence-corrected chi connectivity index (χ0v) is 19.3. The molecule has 0 amide bonds. The molecule has 1 aromatic rings. The molecule has 0 aromatic heterocycles. The van der Waals surface area contributed by atoms with Gasteiger partial charge in [0, 0.05) is 11.1 Å². The predicted octanol–water partition coefficient (Wildman–Crippen LogP) is 7.91. The fraction of sp³-hybridized carbons (Fsp3) is 0.519. The van der Waals surface area contributed by atoms with Gasteiger partial charge in [-0.1, -0.05) is 89.6 Å². The topological polar surface area (TPSA) is 12.4 Å². The second-order valence-corrected chi connectivity index (χ2v) is 8.94. The van der Waals surface area contributed by atoms with Crippen LogP contribution in [0.4, 0.5) is 0 Å². The van der Waals surface area contributed by atoms with E-state index in [9.17, 15) is 0 Å². The quantitative estimate of drug-likeness (QED) is 0.280. The molecule has 0 aliphatic heterocycles. The smallest absolute Gasteiger partial charge is 0.0424 e. The van der Waals surface area contributed by atoms with Crippen molar-refractivity contribution >= 4 is 6.72 Å². The summed E-state index contributed by atoms with van der Waals surface area (Å²) in [5, 5.41) is 0. The first kappa shape index (κ1) is 25.9. The molecule has 1 unspecified atom stereocenters. The average Bonchev–Trinajstić information content (AvgIpc) is 2.61. The minimum absolute atomic E-state index is 0.131. The summed E-state index contributed by atoms with van der Waals surface area (Å²) in [6.07, 6.45) is 14.7. The van der Waals surface area contributed by atoms with Crippen molar-refractivity contribution in [2.45, 2.75) is 79.6 Å². The van der Waals surface area contributed by atoms with Crippen molar-refractivity contribution in [1.82, 2.24) is 0 Å². The molecule has 0 heterocycles. The number of nitrogens with zero attached hydrogens (tertiary/aromatic N) is 1. The first-order valence-corrected chi connectivity index (χ1v) is 10.3. The van der Waals surface area contributed by atoms with Gasteiger partial charge in [0.05, 0.1) is 0 Å². The molecule has 1 aliphatic carbocycles. The highest BCUT2D eigenvalue weighted by atomic mass is 14.7. The molecule has 1 atom stereocenters. The van der Waals surface area contributed by atoms with Crippen LogP contribution in [0.15, 0.2) is 53.7 Å². The molecule has 0 saturated carbocycles. The van der Waals surface area contributed by atoms with Gasteiger partial charge in [0.25, 0.3) is 0 Å². The molecule has 0 radical (unpaired) electrons. The predicted molar refractivity (Wildman–Crippen MR) is 128 cm³/mol. The number of benzene rings is 1. The lowest BCUT2D eigenvalue weighted by molar-refractivity contribution is 0.271. The monoisotopic (exact) mass is 379 g/mol. The lowest BCUT2D eigenvalue weighted by Crippen LogP contribution is -2.18. The van der Waals surface area contributed by atoms with Gasteiger partial charge in [-0.15, -0.1) is 12.3 Å². The van der Waals surface area contributed by atoms with Crippen LogP contribution < -0.4 is 0 Å². The molecular weight excluding hydrogens is 338 g/mol. The number of hydrogen-bond donors (Lipinski definition) is 0. The molecule has 1 aliphatic rings. The van der Waals surface area contributed by atoms with Crippen LogP contribution in [-0.4, -0.2) is 6.72 Å². The number of hydrogen-bond acceptors (Lipinski definition) is 1. The van der Waals surface area contributed by atoms with Crippen LogP contribution in [0.2, 0.25) is 0 Å². The van der Waals surface area contributed by atoms with E-state index in [1.807, 2.05) is 0 Å². The summed E-state index contributed by atoms with van der Waals surface area (Å²) in [6.45, 7) is 22.4. The second-order valence-electron chi connectivity index (χ2n) is 8.94. The van der Waals surface area contributed by atoms with E-state index in [1.165, 1.54) is 36.8 Å². The minimum Gasteiger partial charge on any atom is -0.269 e. The third-order valence-corrected chi connectivity index (χ3v) is 5.20. The van der Waals surface area contributed by atoms with Crippen LogP contribution >= 0.6 is 0 Å². The third-order valence-electron chi connectivity index (χ3n) is 5.20. The van der Waals surface area contributed by atoms with Crippen LogP contribution in [0.1, 0.15) is 78.4 Å². The van der Waals surface area contributed by atoms with Gasteiger partial charge < -0.3 is 0 Å². The van der Waals surface area contributed by atoms with Crippen molar-refractivity contribution < 1.29 is 0 Å². The summed E-state index contributed by atoms with van der Waals surface area (Å²) < 4.78 is 0. The van der Waals surface area contributed by atoms with Crippen molar-refractivity contribution in [3.05, 3.63) is 59.8 Å². The molecular formula is C27H41N. The summed E-state index contributed by atoms with van der Waals surface area (Å²) in [5.74, 6) is 3.11. The Kier molecular flexibility index (Phi) is 11.5. The number of aliphatic imine (C=N–C) groups is 1. The maximum Gasteiger partial charge on any atom is 0.0424 e. The van der Waals surface area contributed by atoms with Gasteiger partial charge in [0.2, 0.25) is 0 Å². The number of allylic oxidation sites excluding steroid dienone is 3. The highest BCUT2D eigenvalue weighted by Gasteiger charge is 2.24. The Labute approximate surface area is 175 Å². The molecule has 0 bridgehead atoms. The highest BCUT2D eigenvalue weighted by molar-refractivity contribution is 5.39. The standard InChI is InChI=1S/C13H17N.C11H20.C3H4/c1-10-7-6-8-12(9-10)13(3,4)11(2)14-5;1-4-6-10-7-5-8-11(2,3)9-10;1-3-2/h6-9H,2,5H2,1,3-4H3;5,7,10H,4,6,8-9H2,1-3H3;1H,2H3. The number of terminal acetylenes is 1. The van der Waals surface area contributed by atoms with Gasteiger partial charge in [-0.2, -0.15) is 0 Å². The molecule has 154 valence electrons. The Balaban J connectivity index is 0.000000466. The van der Waals surface area contributed by atoms with Crippen LogP contribution in [-0.2, 0) is 5.41 Å². The van der Waals surface area contributed by atoms with Crippen LogP contribution in [0, 0.1) is 30.6 Å². The average molecular weight is 380 g/mol. The van der Waals surface area contributed by atoms with Crippen molar-refractivity contribution in [2.75, 3.05) is 0 Å². The van der Waals surface area contributed by atoms with Gasteiger partial charge in [-0.05, 0) is 56.7 Å². The van der Waals surface area contributed by atoms with Crippen LogP contribution in [0.3, 0.4) is 0 Å². The number of aryl methyl sites for hydroxylation is 1. The lowest BCUT2D eigenvalue weighted by Gasteiger charge is -2.31. The Morgan fingerprint density at radius 2 is 1.96 bits per heavy atom. The Morgan fingerprint density at radius 3 is 2.43 bits per heavy atom.